The van der Waals surface area contributed by atoms with Crippen LogP contribution in [0, 0.1) is 13.8 Å². The summed E-state index contributed by atoms with van der Waals surface area (Å²) in [5.41, 5.74) is 1.77. The molecule has 0 saturated heterocycles. The molecule has 7 heteroatoms. The van der Waals surface area contributed by atoms with E-state index in [-0.39, 0.29) is 5.75 Å². The Morgan fingerprint density at radius 1 is 1.50 bits per heavy atom. The molecule has 2 aromatic rings. The van der Waals surface area contributed by atoms with Gasteiger partial charge in [-0.15, -0.1) is 5.10 Å². The van der Waals surface area contributed by atoms with E-state index in [1.165, 1.54) is 0 Å². The number of hydrogen-bond acceptors (Lipinski definition) is 6. The van der Waals surface area contributed by atoms with Crippen molar-refractivity contribution in [1.82, 2.24) is 19.6 Å². The van der Waals surface area contributed by atoms with Crippen molar-refractivity contribution >= 4 is 23.5 Å². The van der Waals surface area contributed by atoms with Crippen LogP contribution < -0.4 is 5.11 Å². The van der Waals surface area contributed by atoms with Crippen LogP contribution in [0.1, 0.15) is 11.4 Å². The van der Waals surface area contributed by atoms with Crippen molar-refractivity contribution in [2.24, 2.45) is 0 Å². The quantitative estimate of drug-likeness (QED) is 0.674. The fourth-order valence-electron chi connectivity index (χ4n) is 1.33. The smallest absolute Gasteiger partial charge is 0.253 e. The first-order valence-electron chi connectivity index (χ1n) is 4.60. The minimum Gasteiger partial charge on any atom is -0.549 e. The lowest BCUT2D eigenvalue weighted by Crippen LogP contribution is -2.24. The van der Waals surface area contributed by atoms with E-state index in [0.29, 0.717) is 10.9 Å². The van der Waals surface area contributed by atoms with Crippen LogP contribution in [0.25, 0.3) is 5.78 Å². The molecule has 2 aromatic heterocycles. The SMILES string of the molecule is Cc1cc(C)n2nc(SCC(=O)[O-])nc2n1. The summed E-state index contributed by atoms with van der Waals surface area (Å²) in [6.45, 7) is 3.76. The van der Waals surface area contributed by atoms with Gasteiger partial charge in [0.25, 0.3) is 5.78 Å². The summed E-state index contributed by atoms with van der Waals surface area (Å²) in [5.74, 6) is -0.808. The molecular weight excluding hydrogens is 228 g/mol. The largest absolute Gasteiger partial charge is 0.549 e. The third kappa shape index (κ3) is 2.13. The second-order valence-corrected chi connectivity index (χ2v) is 4.25. The number of carboxylic acid groups (broad SMARTS) is 1. The lowest BCUT2D eigenvalue weighted by molar-refractivity contribution is -0.301. The average molecular weight is 237 g/mol. The predicted molar refractivity (Wildman–Crippen MR) is 56.0 cm³/mol. The molecule has 16 heavy (non-hydrogen) atoms. The monoisotopic (exact) mass is 237 g/mol. The Kier molecular flexibility index (Phi) is 2.78. The van der Waals surface area contributed by atoms with Gasteiger partial charge in [0.05, 0.1) is 5.97 Å². The summed E-state index contributed by atoms with van der Waals surface area (Å²) in [6.07, 6.45) is 0. The van der Waals surface area contributed by atoms with Crippen molar-refractivity contribution in [3.8, 4) is 0 Å². The lowest BCUT2D eigenvalue weighted by Gasteiger charge is -1.97. The summed E-state index contributed by atoms with van der Waals surface area (Å²) < 4.78 is 1.59. The standard InChI is InChI=1S/C9H10N4O2S/c1-5-3-6(2)13-8(10-5)11-9(12-13)16-4-7(14)15/h3H,4H2,1-2H3,(H,14,15)/p-1. The summed E-state index contributed by atoms with van der Waals surface area (Å²) in [6, 6.07) is 1.88. The highest BCUT2D eigenvalue weighted by Gasteiger charge is 2.07. The van der Waals surface area contributed by atoms with E-state index in [1.807, 2.05) is 19.9 Å². The molecule has 0 radical (unpaired) electrons. The van der Waals surface area contributed by atoms with Crippen LogP contribution >= 0.6 is 11.8 Å². The third-order valence-corrected chi connectivity index (χ3v) is 2.73. The zero-order chi connectivity index (χ0) is 11.7. The number of hydrogen-bond donors (Lipinski definition) is 0. The van der Waals surface area contributed by atoms with E-state index in [1.54, 1.807) is 4.52 Å². The maximum atomic E-state index is 10.3. The van der Waals surface area contributed by atoms with Crippen LogP contribution in [0.5, 0.6) is 0 Å². The lowest BCUT2D eigenvalue weighted by atomic mass is 10.4. The molecule has 84 valence electrons. The van der Waals surface area contributed by atoms with Gasteiger partial charge < -0.3 is 9.90 Å². The second-order valence-electron chi connectivity index (χ2n) is 3.31. The van der Waals surface area contributed by atoms with Gasteiger partial charge in [-0.2, -0.15) is 4.98 Å². The van der Waals surface area contributed by atoms with Gasteiger partial charge in [0, 0.05) is 17.1 Å². The fraction of sp³-hybridized carbons (Fsp3) is 0.333. The van der Waals surface area contributed by atoms with Gasteiger partial charge in [0.15, 0.2) is 0 Å². The number of carbonyl (C=O) groups excluding carboxylic acids is 1. The minimum atomic E-state index is -1.13. The van der Waals surface area contributed by atoms with Gasteiger partial charge in [-0.05, 0) is 19.9 Å². The van der Waals surface area contributed by atoms with Gasteiger partial charge in [-0.3, -0.25) is 0 Å². The molecule has 0 aromatic carbocycles. The molecule has 0 aliphatic carbocycles. The fourth-order valence-corrected chi connectivity index (χ4v) is 1.87. The highest BCUT2D eigenvalue weighted by Crippen LogP contribution is 2.14. The first-order chi connectivity index (χ1) is 7.56. The average Bonchev–Trinajstić information content (AvgIpc) is 2.57. The number of thioether (sulfide) groups is 1. The van der Waals surface area contributed by atoms with E-state index < -0.39 is 5.97 Å². The summed E-state index contributed by atoms with van der Waals surface area (Å²) in [7, 11) is 0. The number of nitrogens with zero attached hydrogens (tertiary/aromatic N) is 4. The maximum Gasteiger partial charge on any atom is 0.253 e. The topological polar surface area (TPSA) is 83.2 Å². The Morgan fingerprint density at radius 3 is 2.94 bits per heavy atom. The number of aryl methyl sites for hydroxylation is 2. The van der Waals surface area contributed by atoms with Crippen LogP contribution in [0.2, 0.25) is 0 Å². The Hall–Kier alpha value is -1.63. The molecule has 0 bridgehead atoms. The van der Waals surface area contributed by atoms with Crippen molar-refractivity contribution in [2.75, 3.05) is 5.75 Å². The number of aromatic nitrogens is 4. The minimum absolute atomic E-state index is 0.158. The number of carboxylic acids is 1. The van der Waals surface area contributed by atoms with Gasteiger partial charge in [0.2, 0.25) is 5.16 Å². The number of carbonyl (C=O) groups is 1. The molecule has 0 atom stereocenters. The summed E-state index contributed by atoms with van der Waals surface area (Å²) in [5, 5.41) is 14.8. The molecule has 0 aliphatic heterocycles. The first kappa shape index (κ1) is 10.9. The van der Waals surface area contributed by atoms with E-state index in [0.717, 1.165) is 23.1 Å². The number of fused-ring (bicyclic) bond motifs is 1. The zero-order valence-electron chi connectivity index (χ0n) is 8.80. The summed E-state index contributed by atoms with van der Waals surface area (Å²) in [4.78, 5) is 18.6. The van der Waals surface area contributed by atoms with E-state index in [9.17, 15) is 9.90 Å². The molecule has 2 rings (SSSR count). The number of rotatable bonds is 3. The highest BCUT2D eigenvalue weighted by atomic mass is 32.2. The maximum absolute atomic E-state index is 10.3. The van der Waals surface area contributed by atoms with Crippen LogP contribution in [-0.4, -0.2) is 31.3 Å². The van der Waals surface area contributed by atoms with Crippen LogP contribution in [0.15, 0.2) is 11.2 Å². The molecule has 0 unspecified atom stereocenters. The molecule has 0 spiro atoms. The van der Waals surface area contributed by atoms with Crippen LogP contribution in [0.3, 0.4) is 0 Å². The highest BCUT2D eigenvalue weighted by molar-refractivity contribution is 7.99. The Balaban J connectivity index is 2.36. The van der Waals surface area contributed by atoms with Gasteiger partial charge >= 0.3 is 0 Å². The summed E-state index contributed by atoms with van der Waals surface area (Å²) >= 11 is 1.02. The van der Waals surface area contributed by atoms with Crippen LogP contribution in [0.4, 0.5) is 0 Å². The van der Waals surface area contributed by atoms with Crippen molar-refractivity contribution < 1.29 is 9.90 Å². The Bertz CT molecular complexity index is 552. The normalized spacial score (nSPS) is 10.9. The molecule has 2 heterocycles. The number of aliphatic carboxylic acids is 1. The van der Waals surface area contributed by atoms with Crippen LogP contribution in [-0.2, 0) is 4.79 Å². The molecule has 0 amide bonds. The molecule has 6 nitrogen and oxygen atoms in total. The molecule has 0 N–H and O–H groups in total. The Morgan fingerprint density at radius 2 is 2.25 bits per heavy atom. The van der Waals surface area contributed by atoms with Crippen molar-refractivity contribution in [3.63, 3.8) is 0 Å². The van der Waals surface area contributed by atoms with Gasteiger partial charge in [0.1, 0.15) is 0 Å². The first-order valence-corrected chi connectivity index (χ1v) is 5.58. The van der Waals surface area contributed by atoms with Gasteiger partial charge in [-0.25, -0.2) is 9.50 Å². The molecule has 0 fully saturated rings. The van der Waals surface area contributed by atoms with E-state index in [2.05, 4.69) is 15.1 Å². The van der Waals surface area contributed by atoms with E-state index >= 15 is 0 Å². The van der Waals surface area contributed by atoms with Crippen molar-refractivity contribution in [3.05, 3.63) is 17.5 Å². The third-order valence-electron chi connectivity index (χ3n) is 1.92. The van der Waals surface area contributed by atoms with E-state index in [4.69, 9.17) is 0 Å². The molecular formula is C9H9N4O2S-. The Labute approximate surface area is 95.7 Å². The van der Waals surface area contributed by atoms with Crippen molar-refractivity contribution in [2.45, 2.75) is 19.0 Å². The zero-order valence-corrected chi connectivity index (χ0v) is 9.61. The molecule has 0 saturated carbocycles. The predicted octanol–water partition coefficient (Wildman–Crippen LogP) is -0.417. The second kappa shape index (κ2) is 4.09. The molecule has 0 aliphatic rings. The van der Waals surface area contributed by atoms with Crippen molar-refractivity contribution in [1.29, 1.82) is 0 Å². The van der Waals surface area contributed by atoms with Gasteiger partial charge in [-0.1, -0.05) is 11.8 Å².